The molecule has 3 rings (SSSR count). The second-order valence-electron chi connectivity index (χ2n) is 6.95. The highest BCUT2D eigenvalue weighted by atomic mass is 35.5. The normalized spacial score (nSPS) is 20.8. The number of anilines is 1. The van der Waals surface area contributed by atoms with Gasteiger partial charge in [0.1, 0.15) is 5.82 Å². The van der Waals surface area contributed by atoms with Gasteiger partial charge < -0.3 is 5.32 Å². The largest absolute Gasteiger partial charge is 0.365 e. The molecule has 28 heavy (non-hydrogen) atoms. The number of pyridine rings is 1. The van der Waals surface area contributed by atoms with Crippen LogP contribution in [0.15, 0.2) is 18.1 Å². The third kappa shape index (κ3) is 6.46. The molecule has 1 aliphatic heterocycles. The van der Waals surface area contributed by atoms with Crippen LogP contribution < -0.4 is 10.8 Å². The van der Waals surface area contributed by atoms with Crippen LogP contribution in [0, 0.1) is 0 Å². The molecule has 0 bridgehead atoms. The van der Waals surface area contributed by atoms with Crippen LogP contribution in [-0.2, 0) is 4.79 Å². The molecule has 6 nitrogen and oxygen atoms in total. The zero-order chi connectivity index (χ0) is 18.5. The lowest BCUT2D eigenvalue weighted by Gasteiger charge is -2.37. The first-order valence-electron chi connectivity index (χ1n) is 9.04. The van der Waals surface area contributed by atoms with Crippen molar-refractivity contribution in [2.45, 2.75) is 50.6 Å². The molecular weight excluding hydrogens is 430 g/mol. The van der Waals surface area contributed by atoms with Gasteiger partial charge in [-0.3, -0.25) is 14.9 Å². The summed E-state index contributed by atoms with van der Waals surface area (Å²) in [6, 6.07) is 2.53. The first-order chi connectivity index (χ1) is 12.6. The van der Waals surface area contributed by atoms with E-state index in [-0.39, 0.29) is 30.9 Å². The minimum absolute atomic E-state index is 0. The van der Waals surface area contributed by atoms with Gasteiger partial charge in [0, 0.05) is 24.8 Å². The molecule has 1 aromatic rings. The SMILES string of the molecule is Cl.Cl.O=C(NO)C(F)=Cc1cnc(N[C@@H]2CCCN(C3CCCC3)C2)c(Cl)c1. The van der Waals surface area contributed by atoms with Crippen LogP contribution in [0.25, 0.3) is 6.08 Å². The Labute approximate surface area is 181 Å². The summed E-state index contributed by atoms with van der Waals surface area (Å²) >= 11 is 6.27. The Morgan fingerprint density at radius 3 is 2.64 bits per heavy atom. The molecule has 2 fully saturated rings. The fourth-order valence-electron chi connectivity index (χ4n) is 3.82. The van der Waals surface area contributed by atoms with Crippen molar-refractivity contribution in [3.63, 3.8) is 0 Å². The average molecular weight is 456 g/mol. The first-order valence-corrected chi connectivity index (χ1v) is 9.42. The van der Waals surface area contributed by atoms with E-state index in [1.54, 1.807) is 6.07 Å². The van der Waals surface area contributed by atoms with Crippen LogP contribution in [-0.4, -0.2) is 46.2 Å². The average Bonchev–Trinajstić information content (AvgIpc) is 3.18. The molecule has 2 heterocycles. The Morgan fingerprint density at radius 2 is 2.00 bits per heavy atom. The van der Waals surface area contributed by atoms with Gasteiger partial charge in [0.15, 0.2) is 5.83 Å². The fourth-order valence-corrected chi connectivity index (χ4v) is 4.05. The molecule has 1 aromatic heterocycles. The van der Waals surface area contributed by atoms with Crippen molar-refractivity contribution >= 4 is 54.2 Å². The lowest BCUT2D eigenvalue weighted by Crippen LogP contribution is -2.46. The topological polar surface area (TPSA) is 77.5 Å². The predicted molar refractivity (Wildman–Crippen MR) is 113 cm³/mol. The first kappa shape index (κ1) is 24.9. The highest BCUT2D eigenvalue weighted by Crippen LogP contribution is 2.28. The van der Waals surface area contributed by atoms with Crippen molar-refractivity contribution in [2.24, 2.45) is 0 Å². The van der Waals surface area contributed by atoms with Gasteiger partial charge in [-0.25, -0.2) is 14.9 Å². The number of carbonyl (C=O) groups is 1. The summed E-state index contributed by atoms with van der Waals surface area (Å²) < 4.78 is 13.5. The highest BCUT2D eigenvalue weighted by Gasteiger charge is 2.28. The Balaban J connectivity index is 0.00000196. The summed E-state index contributed by atoms with van der Waals surface area (Å²) in [5, 5.41) is 12.2. The third-order valence-electron chi connectivity index (χ3n) is 5.11. The smallest absolute Gasteiger partial charge is 0.303 e. The quantitative estimate of drug-likeness (QED) is 0.352. The van der Waals surface area contributed by atoms with Crippen molar-refractivity contribution in [3.05, 3.63) is 28.7 Å². The molecule has 10 heteroatoms. The lowest BCUT2D eigenvalue weighted by atomic mass is 10.0. The van der Waals surface area contributed by atoms with Crippen molar-refractivity contribution < 1.29 is 14.4 Å². The molecule has 1 saturated carbocycles. The summed E-state index contributed by atoms with van der Waals surface area (Å²) in [4.78, 5) is 17.8. The number of carbonyl (C=O) groups excluding carboxylic acids is 1. The number of aromatic nitrogens is 1. The van der Waals surface area contributed by atoms with Crippen LogP contribution in [0.5, 0.6) is 0 Å². The monoisotopic (exact) mass is 454 g/mol. The molecule has 0 spiro atoms. The Morgan fingerprint density at radius 1 is 1.29 bits per heavy atom. The van der Waals surface area contributed by atoms with Crippen LogP contribution in [0.4, 0.5) is 10.2 Å². The number of rotatable bonds is 5. The van der Waals surface area contributed by atoms with Gasteiger partial charge in [-0.2, -0.15) is 0 Å². The Bertz CT molecular complexity index is 687. The van der Waals surface area contributed by atoms with E-state index >= 15 is 0 Å². The summed E-state index contributed by atoms with van der Waals surface area (Å²) in [5.41, 5.74) is 1.58. The van der Waals surface area contributed by atoms with Crippen molar-refractivity contribution in [1.29, 1.82) is 0 Å². The molecule has 2 aliphatic rings. The predicted octanol–water partition coefficient (Wildman–Crippen LogP) is 4.21. The molecule has 158 valence electrons. The van der Waals surface area contributed by atoms with Crippen LogP contribution in [0.3, 0.4) is 0 Å². The van der Waals surface area contributed by atoms with Crippen LogP contribution in [0.1, 0.15) is 44.1 Å². The van der Waals surface area contributed by atoms with E-state index in [0.717, 1.165) is 32.0 Å². The number of hydroxylamine groups is 1. The Kier molecular flexibility index (Phi) is 10.5. The zero-order valence-electron chi connectivity index (χ0n) is 15.4. The minimum atomic E-state index is -1.21. The van der Waals surface area contributed by atoms with Crippen LogP contribution in [0.2, 0.25) is 5.02 Å². The molecule has 0 aromatic carbocycles. The maximum absolute atomic E-state index is 13.5. The van der Waals surface area contributed by atoms with Gasteiger partial charge in [-0.1, -0.05) is 24.4 Å². The van der Waals surface area contributed by atoms with Gasteiger partial charge in [-0.15, -0.1) is 24.8 Å². The van der Waals surface area contributed by atoms with Crippen LogP contribution >= 0.6 is 36.4 Å². The van der Waals surface area contributed by atoms with Gasteiger partial charge in [-0.05, 0) is 49.9 Å². The second kappa shape index (κ2) is 11.8. The van der Waals surface area contributed by atoms with Gasteiger partial charge in [0.2, 0.25) is 0 Å². The highest BCUT2D eigenvalue weighted by molar-refractivity contribution is 6.33. The summed E-state index contributed by atoms with van der Waals surface area (Å²) in [7, 11) is 0. The van der Waals surface area contributed by atoms with E-state index in [0.29, 0.717) is 22.4 Å². The molecule has 3 N–H and O–H groups in total. The fraction of sp³-hybridized carbons (Fsp3) is 0.556. The maximum atomic E-state index is 13.5. The molecule has 1 atom stereocenters. The number of nitrogens with one attached hydrogen (secondary N) is 2. The summed E-state index contributed by atoms with van der Waals surface area (Å²) in [6.45, 7) is 2.13. The van der Waals surface area contributed by atoms with E-state index in [4.69, 9.17) is 16.8 Å². The molecule has 0 unspecified atom stereocenters. The van der Waals surface area contributed by atoms with Crippen molar-refractivity contribution in [2.75, 3.05) is 18.4 Å². The van der Waals surface area contributed by atoms with Crippen molar-refractivity contribution in [3.8, 4) is 0 Å². The molecule has 1 aliphatic carbocycles. The number of hydrogen-bond acceptors (Lipinski definition) is 5. The minimum Gasteiger partial charge on any atom is -0.365 e. The second-order valence-corrected chi connectivity index (χ2v) is 7.36. The van der Waals surface area contributed by atoms with Crippen molar-refractivity contribution in [1.82, 2.24) is 15.4 Å². The molecule has 1 amide bonds. The van der Waals surface area contributed by atoms with E-state index in [2.05, 4.69) is 15.2 Å². The molecule has 0 radical (unpaired) electrons. The third-order valence-corrected chi connectivity index (χ3v) is 5.40. The number of piperidine rings is 1. The van der Waals surface area contributed by atoms with E-state index in [1.807, 2.05) is 0 Å². The lowest BCUT2D eigenvalue weighted by molar-refractivity contribution is -0.126. The maximum Gasteiger partial charge on any atom is 0.303 e. The van der Waals surface area contributed by atoms with E-state index < -0.39 is 11.7 Å². The summed E-state index contributed by atoms with van der Waals surface area (Å²) in [5.74, 6) is -1.77. The number of nitrogens with zero attached hydrogens (tertiary/aromatic N) is 2. The van der Waals surface area contributed by atoms with Gasteiger partial charge >= 0.3 is 5.91 Å². The number of hydrogen-bond donors (Lipinski definition) is 3. The van der Waals surface area contributed by atoms with Gasteiger partial charge in [0.05, 0.1) is 5.02 Å². The number of amides is 1. The summed E-state index contributed by atoms with van der Waals surface area (Å²) in [6.07, 6.45) is 9.85. The number of likely N-dealkylation sites (tertiary alicyclic amines) is 1. The van der Waals surface area contributed by atoms with Gasteiger partial charge in [0.25, 0.3) is 0 Å². The number of halogens is 4. The molecule has 1 saturated heterocycles. The molecular formula is C18H26Cl3FN4O2. The Hall–Kier alpha value is -1.12. The van der Waals surface area contributed by atoms with E-state index in [1.165, 1.54) is 37.4 Å². The standard InChI is InChI=1S/C18H24ClFN4O2.2ClH/c19-15-8-12(9-16(20)18(25)23-26)10-21-17(15)22-13-4-3-7-24(11-13)14-5-1-2-6-14;;/h8-10,13-14,26H,1-7,11H2,(H,21,22)(H,23,25);2*1H/t13-;;/m1../s1. The zero-order valence-corrected chi connectivity index (χ0v) is 17.8. The van der Waals surface area contributed by atoms with E-state index in [9.17, 15) is 9.18 Å².